The number of rotatable bonds is 2. The van der Waals surface area contributed by atoms with Gasteiger partial charge >= 0.3 is 5.97 Å². The summed E-state index contributed by atoms with van der Waals surface area (Å²) in [6.07, 6.45) is 1.01. The normalized spacial score (nSPS) is 41.8. The monoisotopic (exact) mass is 368 g/mol. The van der Waals surface area contributed by atoms with Gasteiger partial charge in [0.15, 0.2) is 0 Å². The van der Waals surface area contributed by atoms with Crippen LogP contribution in [0.2, 0.25) is 0 Å². The highest BCUT2D eigenvalue weighted by Crippen LogP contribution is 2.68. The summed E-state index contributed by atoms with van der Waals surface area (Å²) in [5, 5.41) is 14.6. The largest absolute Gasteiger partial charge is 0.466 e. The quantitative estimate of drug-likeness (QED) is 0.607. The van der Waals surface area contributed by atoms with E-state index in [1.165, 1.54) is 12.7 Å². The van der Waals surface area contributed by atoms with E-state index in [1.807, 2.05) is 13.0 Å². The molecule has 6 atom stereocenters. The van der Waals surface area contributed by atoms with Crippen molar-refractivity contribution in [2.75, 3.05) is 25.5 Å². The number of hydrogen-bond acceptors (Lipinski definition) is 6. The number of carbonyl (C=O) groups excluding carboxylic acids is 1. The molecule has 3 saturated heterocycles. The Labute approximate surface area is 158 Å². The standard InChI is InChI=1S/C21H24N2O4/c1-11(24)21-9-12(18(25)26-2)16-20(13-5-3-4-6-14(13)22-16)7-8-23(19(20)21)10-15-17(21)27-15/h3-6,11,15,17,19,22,24H,7-10H2,1-2H3/t11-,15-,17-,19+,20-,21-/m0/s1. The number of aliphatic hydroxyl groups is 1. The average Bonchev–Trinajstić information content (AvgIpc) is 3.25. The molecule has 6 rings (SSSR count). The second-order valence-corrected chi connectivity index (χ2v) is 8.69. The number of anilines is 1. The van der Waals surface area contributed by atoms with Crippen LogP contribution in [-0.2, 0) is 19.7 Å². The van der Waals surface area contributed by atoms with Crippen LogP contribution in [-0.4, -0.2) is 60.5 Å². The molecule has 142 valence electrons. The molecule has 0 amide bonds. The summed E-state index contributed by atoms with van der Waals surface area (Å²) in [5.74, 6) is -0.302. The number of ether oxygens (including phenoxy) is 2. The zero-order chi connectivity index (χ0) is 18.6. The van der Waals surface area contributed by atoms with Crippen LogP contribution < -0.4 is 5.32 Å². The lowest BCUT2D eigenvalue weighted by Crippen LogP contribution is -2.66. The van der Waals surface area contributed by atoms with Crippen LogP contribution in [0.3, 0.4) is 0 Å². The van der Waals surface area contributed by atoms with E-state index < -0.39 is 11.5 Å². The van der Waals surface area contributed by atoms with E-state index in [9.17, 15) is 9.90 Å². The Bertz CT molecular complexity index is 896. The van der Waals surface area contributed by atoms with Gasteiger partial charge in [-0.2, -0.15) is 0 Å². The topological polar surface area (TPSA) is 74.3 Å². The van der Waals surface area contributed by atoms with Gasteiger partial charge in [-0.15, -0.1) is 0 Å². The van der Waals surface area contributed by atoms with Gasteiger partial charge in [-0.05, 0) is 37.9 Å². The van der Waals surface area contributed by atoms with Gasteiger partial charge in [-0.1, -0.05) is 18.2 Å². The van der Waals surface area contributed by atoms with E-state index in [0.29, 0.717) is 12.0 Å². The molecule has 0 radical (unpaired) electrons. The van der Waals surface area contributed by atoms with Crippen LogP contribution in [0.25, 0.3) is 0 Å². The fourth-order valence-electron chi connectivity index (χ4n) is 6.79. The molecular formula is C21H24N2O4. The van der Waals surface area contributed by atoms with E-state index >= 15 is 0 Å². The molecule has 4 heterocycles. The van der Waals surface area contributed by atoms with Gasteiger partial charge in [-0.25, -0.2) is 4.79 Å². The highest BCUT2D eigenvalue weighted by molar-refractivity contribution is 5.93. The number of nitrogens with zero attached hydrogens (tertiary/aromatic N) is 1. The van der Waals surface area contributed by atoms with Crippen molar-refractivity contribution in [1.82, 2.24) is 4.90 Å². The molecule has 6 nitrogen and oxygen atoms in total. The Morgan fingerprint density at radius 3 is 3.04 bits per heavy atom. The summed E-state index contributed by atoms with van der Waals surface area (Å²) in [4.78, 5) is 15.3. The van der Waals surface area contributed by atoms with Gasteiger partial charge in [0.25, 0.3) is 0 Å². The van der Waals surface area contributed by atoms with Crippen LogP contribution in [0, 0.1) is 5.41 Å². The fraction of sp³-hybridized carbons (Fsp3) is 0.571. The number of aliphatic hydroxyl groups excluding tert-OH is 1. The van der Waals surface area contributed by atoms with Gasteiger partial charge in [-0.3, -0.25) is 4.90 Å². The van der Waals surface area contributed by atoms with Gasteiger partial charge in [0.05, 0.1) is 36.4 Å². The summed E-state index contributed by atoms with van der Waals surface area (Å²) in [5.41, 5.74) is 3.15. The van der Waals surface area contributed by atoms with Crippen molar-refractivity contribution >= 4 is 11.7 Å². The molecule has 27 heavy (non-hydrogen) atoms. The van der Waals surface area contributed by atoms with E-state index in [0.717, 1.165) is 30.9 Å². The number of piperidine rings is 1. The molecule has 0 saturated carbocycles. The van der Waals surface area contributed by atoms with Crippen LogP contribution in [0.5, 0.6) is 0 Å². The maximum absolute atomic E-state index is 12.8. The summed E-state index contributed by atoms with van der Waals surface area (Å²) in [6, 6.07) is 8.46. The van der Waals surface area contributed by atoms with Crippen LogP contribution >= 0.6 is 0 Å². The van der Waals surface area contributed by atoms with Crippen molar-refractivity contribution in [3.8, 4) is 0 Å². The Morgan fingerprint density at radius 2 is 2.26 bits per heavy atom. The van der Waals surface area contributed by atoms with Gasteiger partial charge in [0.1, 0.15) is 0 Å². The lowest BCUT2D eigenvalue weighted by Gasteiger charge is -2.55. The molecule has 4 aliphatic heterocycles. The third-order valence-corrected chi connectivity index (χ3v) is 7.77. The number of epoxide rings is 1. The molecule has 1 aromatic rings. The highest BCUT2D eigenvalue weighted by atomic mass is 16.6. The molecule has 1 spiro atoms. The number of benzene rings is 1. The molecule has 1 aliphatic carbocycles. The van der Waals surface area contributed by atoms with Crippen molar-refractivity contribution < 1.29 is 19.4 Å². The lowest BCUT2D eigenvalue weighted by molar-refractivity contribution is -0.138. The number of esters is 1. The number of nitrogens with one attached hydrogen (secondary N) is 1. The fourth-order valence-corrected chi connectivity index (χ4v) is 6.79. The minimum absolute atomic E-state index is 0.00249. The minimum Gasteiger partial charge on any atom is -0.466 e. The molecule has 2 N–H and O–H groups in total. The van der Waals surface area contributed by atoms with Crippen LogP contribution in [0.4, 0.5) is 5.69 Å². The van der Waals surface area contributed by atoms with E-state index in [2.05, 4.69) is 28.4 Å². The van der Waals surface area contributed by atoms with E-state index in [4.69, 9.17) is 9.47 Å². The SMILES string of the molecule is COC(=O)C1=C2Nc3ccccc3[C@@]23CCN2C[C@@H]4O[C@@H]4[C@@]([C@H](C)O)(C1)[C@H]23. The Morgan fingerprint density at radius 1 is 1.44 bits per heavy atom. The first-order valence-electron chi connectivity index (χ1n) is 9.80. The number of para-hydroxylation sites is 1. The third kappa shape index (κ3) is 1.67. The van der Waals surface area contributed by atoms with Crippen molar-refractivity contribution in [3.63, 3.8) is 0 Å². The molecule has 6 heteroatoms. The summed E-state index contributed by atoms with van der Waals surface area (Å²) in [6.45, 7) is 3.72. The number of methoxy groups -OCH3 is 1. The van der Waals surface area contributed by atoms with Crippen molar-refractivity contribution in [2.24, 2.45) is 5.41 Å². The molecule has 0 unspecified atom stereocenters. The Kier molecular flexibility index (Phi) is 2.94. The molecule has 0 aromatic heterocycles. The molecular weight excluding hydrogens is 344 g/mol. The predicted molar refractivity (Wildman–Crippen MR) is 98.2 cm³/mol. The average molecular weight is 368 g/mol. The Hall–Kier alpha value is -1.89. The first-order chi connectivity index (χ1) is 13.0. The molecule has 1 aromatic carbocycles. The summed E-state index contributed by atoms with van der Waals surface area (Å²) < 4.78 is 11.2. The maximum Gasteiger partial charge on any atom is 0.335 e. The molecule has 5 aliphatic rings. The lowest BCUT2D eigenvalue weighted by atomic mass is 9.52. The maximum atomic E-state index is 12.8. The van der Waals surface area contributed by atoms with Crippen LogP contribution in [0.1, 0.15) is 25.3 Å². The summed E-state index contributed by atoms with van der Waals surface area (Å²) >= 11 is 0. The second kappa shape index (κ2) is 4.93. The number of fused-ring (bicyclic) bond motifs is 3. The second-order valence-electron chi connectivity index (χ2n) is 8.69. The van der Waals surface area contributed by atoms with Crippen molar-refractivity contribution in [3.05, 3.63) is 41.1 Å². The first kappa shape index (κ1) is 16.1. The van der Waals surface area contributed by atoms with E-state index in [1.54, 1.807) is 0 Å². The Balaban J connectivity index is 1.67. The molecule has 3 fully saturated rings. The predicted octanol–water partition coefficient (Wildman–Crippen LogP) is 1.40. The molecule has 0 bridgehead atoms. The first-order valence-corrected chi connectivity index (χ1v) is 9.80. The minimum atomic E-state index is -0.579. The van der Waals surface area contributed by atoms with Crippen LogP contribution in [0.15, 0.2) is 35.5 Å². The summed E-state index contributed by atoms with van der Waals surface area (Å²) in [7, 11) is 1.43. The van der Waals surface area contributed by atoms with Crippen molar-refractivity contribution in [2.45, 2.75) is 49.5 Å². The van der Waals surface area contributed by atoms with Crippen molar-refractivity contribution in [1.29, 1.82) is 0 Å². The highest BCUT2D eigenvalue weighted by Gasteiger charge is 2.75. The smallest absolute Gasteiger partial charge is 0.335 e. The van der Waals surface area contributed by atoms with Gasteiger partial charge in [0, 0.05) is 29.4 Å². The zero-order valence-electron chi connectivity index (χ0n) is 15.6. The number of hydrogen-bond donors (Lipinski definition) is 2. The van der Waals surface area contributed by atoms with E-state index in [-0.39, 0.29) is 29.6 Å². The van der Waals surface area contributed by atoms with Gasteiger partial charge < -0.3 is 19.9 Å². The zero-order valence-corrected chi connectivity index (χ0v) is 15.6. The third-order valence-electron chi connectivity index (χ3n) is 7.77. The number of carbonyl (C=O) groups is 1. The van der Waals surface area contributed by atoms with Gasteiger partial charge in [0.2, 0.25) is 0 Å².